The van der Waals surface area contributed by atoms with Gasteiger partial charge in [0.25, 0.3) is 0 Å². The summed E-state index contributed by atoms with van der Waals surface area (Å²) in [4.78, 5) is 11.3. The van der Waals surface area contributed by atoms with E-state index in [0.717, 1.165) is 6.29 Å². The van der Waals surface area contributed by atoms with Crippen molar-refractivity contribution in [1.29, 1.82) is 0 Å². The van der Waals surface area contributed by atoms with Gasteiger partial charge in [-0.1, -0.05) is 0 Å². The van der Waals surface area contributed by atoms with Crippen LogP contribution in [0.3, 0.4) is 0 Å². The zero-order valence-electron chi connectivity index (χ0n) is 12.1. The highest BCUT2D eigenvalue weighted by Crippen LogP contribution is 2.39. The number of hydrogen-bond acceptors (Lipinski definition) is 5. The van der Waals surface area contributed by atoms with Gasteiger partial charge in [-0.25, -0.2) is 0 Å². The Hall–Kier alpha value is -1.53. The van der Waals surface area contributed by atoms with Crippen molar-refractivity contribution in [2.24, 2.45) is 0 Å². The molecule has 2 aliphatic rings. The first-order valence-corrected chi connectivity index (χ1v) is 6.59. The smallest absolute Gasteiger partial charge is 0.454 e. The van der Waals surface area contributed by atoms with Crippen LogP contribution in [0.4, 0.5) is 0 Å². The van der Waals surface area contributed by atoms with Gasteiger partial charge in [-0.05, 0) is 39.8 Å². The van der Waals surface area contributed by atoms with Crippen LogP contribution in [0.25, 0.3) is 0 Å². The Kier molecular flexibility index (Phi) is 2.85. The molecule has 0 spiro atoms. The van der Waals surface area contributed by atoms with Crippen molar-refractivity contribution < 1.29 is 23.6 Å². The van der Waals surface area contributed by atoms with E-state index in [2.05, 4.69) is 0 Å². The Morgan fingerprint density at radius 3 is 2.35 bits per heavy atom. The fourth-order valence-electron chi connectivity index (χ4n) is 2.32. The Labute approximate surface area is 118 Å². The van der Waals surface area contributed by atoms with E-state index in [-0.39, 0.29) is 6.79 Å². The molecular formula is C14H17BO5. The summed E-state index contributed by atoms with van der Waals surface area (Å²) >= 11 is 0. The zero-order chi connectivity index (χ0) is 14.5. The van der Waals surface area contributed by atoms with Gasteiger partial charge in [0.2, 0.25) is 6.79 Å². The largest absolute Gasteiger partial charge is 0.499 e. The lowest BCUT2D eigenvalue weighted by Gasteiger charge is -2.32. The molecule has 0 N–H and O–H groups in total. The number of carbonyl (C=O) groups excluding carboxylic acids is 1. The molecule has 1 fully saturated rings. The second kappa shape index (κ2) is 4.23. The Morgan fingerprint density at radius 2 is 1.75 bits per heavy atom. The maximum Gasteiger partial charge on any atom is 0.499 e. The van der Waals surface area contributed by atoms with Crippen molar-refractivity contribution in [3.8, 4) is 11.5 Å². The van der Waals surface area contributed by atoms with E-state index in [1.807, 2.05) is 27.7 Å². The van der Waals surface area contributed by atoms with Crippen LogP contribution in [0.15, 0.2) is 12.1 Å². The molecule has 1 aromatic rings. The first kappa shape index (κ1) is 13.5. The fourth-order valence-corrected chi connectivity index (χ4v) is 2.32. The molecule has 106 valence electrons. The molecule has 6 heteroatoms. The highest BCUT2D eigenvalue weighted by atomic mass is 16.7. The van der Waals surface area contributed by atoms with Crippen molar-refractivity contribution >= 4 is 18.9 Å². The van der Waals surface area contributed by atoms with Gasteiger partial charge in [0, 0.05) is 11.0 Å². The lowest BCUT2D eigenvalue weighted by molar-refractivity contribution is 0.00578. The molecule has 0 bridgehead atoms. The minimum absolute atomic E-state index is 0.143. The molecule has 20 heavy (non-hydrogen) atoms. The van der Waals surface area contributed by atoms with Crippen molar-refractivity contribution in [2.75, 3.05) is 6.79 Å². The number of benzene rings is 1. The van der Waals surface area contributed by atoms with Crippen molar-refractivity contribution in [1.82, 2.24) is 0 Å². The standard InChI is InChI=1S/C14H17BO5/c1-13(2)14(3,4)20-15(19-13)11-9(7-16)5-6-10-12(11)18-8-17-10/h5-7H,8H2,1-4H3. The van der Waals surface area contributed by atoms with Gasteiger partial charge in [0.15, 0.2) is 11.5 Å². The van der Waals surface area contributed by atoms with Gasteiger partial charge < -0.3 is 18.8 Å². The molecule has 0 unspecified atom stereocenters. The van der Waals surface area contributed by atoms with E-state index in [4.69, 9.17) is 18.8 Å². The minimum atomic E-state index is -0.642. The van der Waals surface area contributed by atoms with Gasteiger partial charge in [-0.3, -0.25) is 4.79 Å². The number of rotatable bonds is 2. The van der Waals surface area contributed by atoms with Gasteiger partial charge in [-0.15, -0.1) is 0 Å². The average Bonchev–Trinajstić information content (AvgIpc) is 2.90. The quantitative estimate of drug-likeness (QED) is 0.605. The third-order valence-electron chi connectivity index (χ3n) is 4.23. The lowest BCUT2D eigenvalue weighted by Crippen LogP contribution is -2.41. The van der Waals surface area contributed by atoms with E-state index in [0.29, 0.717) is 22.5 Å². The van der Waals surface area contributed by atoms with Crippen LogP contribution in [-0.2, 0) is 9.31 Å². The maximum atomic E-state index is 11.3. The molecule has 0 atom stereocenters. The summed E-state index contributed by atoms with van der Waals surface area (Å²) in [7, 11) is -0.642. The predicted octanol–water partition coefficient (Wildman–Crippen LogP) is 1.53. The minimum Gasteiger partial charge on any atom is -0.454 e. The van der Waals surface area contributed by atoms with Gasteiger partial charge in [-0.2, -0.15) is 0 Å². The highest BCUT2D eigenvalue weighted by Gasteiger charge is 2.53. The first-order chi connectivity index (χ1) is 9.36. The van der Waals surface area contributed by atoms with Crippen LogP contribution in [0.2, 0.25) is 0 Å². The van der Waals surface area contributed by atoms with Crippen molar-refractivity contribution in [3.63, 3.8) is 0 Å². The summed E-state index contributed by atoms with van der Waals surface area (Å²) in [5.41, 5.74) is 0.154. The molecule has 0 radical (unpaired) electrons. The van der Waals surface area contributed by atoms with Crippen molar-refractivity contribution in [2.45, 2.75) is 38.9 Å². The summed E-state index contributed by atoms with van der Waals surface area (Å²) in [6, 6.07) is 3.42. The Bertz CT molecular complexity index is 551. The summed E-state index contributed by atoms with van der Waals surface area (Å²) < 4.78 is 22.8. The van der Waals surface area contributed by atoms with Crippen LogP contribution in [0.1, 0.15) is 38.1 Å². The number of ether oxygens (including phenoxy) is 2. The molecule has 0 amide bonds. The van der Waals surface area contributed by atoms with Crippen LogP contribution in [0, 0.1) is 0 Å². The van der Waals surface area contributed by atoms with Gasteiger partial charge >= 0.3 is 7.12 Å². The molecule has 2 aliphatic heterocycles. The third-order valence-corrected chi connectivity index (χ3v) is 4.23. The fraction of sp³-hybridized carbons (Fsp3) is 0.500. The molecule has 1 saturated heterocycles. The van der Waals surface area contributed by atoms with Crippen molar-refractivity contribution in [3.05, 3.63) is 17.7 Å². The van der Waals surface area contributed by atoms with Gasteiger partial charge in [0.1, 0.15) is 6.29 Å². The summed E-state index contributed by atoms with van der Waals surface area (Å²) in [6.07, 6.45) is 0.780. The van der Waals surface area contributed by atoms with E-state index in [1.54, 1.807) is 12.1 Å². The zero-order valence-corrected chi connectivity index (χ0v) is 12.1. The van der Waals surface area contributed by atoms with E-state index in [1.165, 1.54) is 0 Å². The van der Waals surface area contributed by atoms with E-state index in [9.17, 15) is 4.79 Å². The number of hydrogen-bond donors (Lipinski definition) is 0. The molecule has 3 rings (SSSR count). The highest BCUT2D eigenvalue weighted by molar-refractivity contribution is 6.64. The molecule has 0 aliphatic carbocycles. The summed E-state index contributed by atoms with van der Waals surface area (Å²) in [5, 5.41) is 0. The first-order valence-electron chi connectivity index (χ1n) is 6.59. The Balaban J connectivity index is 2.08. The molecule has 5 nitrogen and oxygen atoms in total. The molecular weight excluding hydrogens is 259 g/mol. The van der Waals surface area contributed by atoms with Gasteiger partial charge in [0.05, 0.1) is 11.2 Å². The van der Waals surface area contributed by atoms with Crippen LogP contribution >= 0.6 is 0 Å². The predicted molar refractivity (Wildman–Crippen MR) is 73.7 cm³/mol. The summed E-state index contributed by atoms with van der Waals surface area (Å²) in [6.45, 7) is 8.01. The lowest BCUT2D eigenvalue weighted by atomic mass is 9.75. The topological polar surface area (TPSA) is 54.0 Å². The molecule has 1 aromatic carbocycles. The normalized spacial score (nSPS) is 22.1. The molecule has 0 saturated carbocycles. The number of aldehydes is 1. The third kappa shape index (κ3) is 1.83. The molecule has 2 heterocycles. The summed E-state index contributed by atoms with van der Waals surface area (Å²) in [5.74, 6) is 1.15. The second-order valence-corrected chi connectivity index (χ2v) is 6.01. The number of carbonyl (C=O) groups is 1. The monoisotopic (exact) mass is 276 g/mol. The van der Waals surface area contributed by atoms with Crippen LogP contribution < -0.4 is 14.9 Å². The van der Waals surface area contributed by atoms with E-state index >= 15 is 0 Å². The Morgan fingerprint density at radius 1 is 1.10 bits per heavy atom. The molecule has 0 aromatic heterocycles. The SMILES string of the molecule is CC1(C)OB(c2c(C=O)ccc3c2OCO3)OC1(C)C. The van der Waals surface area contributed by atoms with Crippen LogP contribution in [-0.4, -0.2) is 31.4 Å². The second-order valence-electron chi connectivity index (χ2n) is 6.01. The average molecular weight is 276 g/mol. The maximum absolute atomic E-state index is 11.3. The van der Waals surface area contributed by atoms with Crippen LogP contribution in [0.5, 0.6) is 11.5 Å². The van der Waals surface area contributed by atoms with E-state index < -0.39 is 18.3 Å². The number of fused-ring (bicyclic) bond motifs is 1.